The Morgan fingerprint density at radius 3 is 2.78 bits per heavy atom. The minimum Gasteiger partial charge on any atom is -0.357 e. The zero-order valence-electron chi connectivity index (χ0n) is 13.8. The molecule has 0 saturated carbocycles. The van der Waals surface area contributed by atoms with Crippen LogP contribution in [0.5, 0.6) is 0 Å². The van der Waals surface area contributed by atoms with Crippen LogP contribution in [0, 0.1) is 11.7 Å². The number of carbonyl (C=O) groups is 1. The van der Waals surface area contributed by atoms with E-state index in [1.807, 2.05) is 6.92 Å². The maximum Gasteiger partial charge on any atom is 0.246 e. The molecule has 1 heterocycles. The Balaban J connectivity index is 1.92. The number of anilines is 1. The Kier molecular flexibility index (Phi) is 6.38. The topological polar surface area (TPSA) is 56.7 Å². The van der Waals surface area contributed by atoms with Crippen molar-refractivity contribution in [1.29, 1.82) is 0 Å². The summed E-state index contributed by atoms with van der Waals surface area (Å²) in [5, 5.41) is 5.89. The largest absolute Gasteiger partial charge is 0.357 e. The zero-order valence-corrected chi connectivity index (χ0v) is 13.8. The van der Waals surface area contributed by atoms with Crippen LogP contribution in [0.25, 0.3) is 0 Å². The van der Waals surface area contributed by atoms with Crippen LogP contribution in [0.15, 0.2) is 29.3 Å². The van der Waals surface area contributed by atoms with Gasteiger partial charge in [-0.05, 0) is 43.9 Å². The van der Waals surface area contributed by atoms with Gasteiger partial charge in [-0.2, -0.15) is 0 Å². The Morgan fingerprint density at radius 2 is 2.13 bits per heavy atom. The Hall–Kier alpha value is -2.11. The van der Waals surface area contributed by atoms with E-state index in [1.54, 1.807) is 12.1 Å². The van der Waals surface area contributed by atoms with Crippen molar-refractivity contribution in [3.63, 3.8) is 0 Å². The number of likely N-dealkylation sites (tertiary alicyclic amines) is 1. The first kappa shape index (κ1) is 17.2. The lowest BCUT2D eigenvalue weighted by Gasteiger charge is -2.32. The molecule has 0 aromatic heterocycles. The first-order valence-electron chi connectivity index (χ1n) is 8.17. The quantitative estimate of drug-likeness (QED) is 0.662. The molecule has 0 spiro atoms. The number of amides is 1. The fraction of sp³-hybridized carbons (Fsp3) is 0.529. The molecule has 2 N–H and O–H groups in total. The second-order valence-corrected chi connectivity index (χ2v) is 5.90. The summed E-state index contributed by atoms with van der Waals surface area (Å²) in [5.41, 5.74) is 0.446. The van der Waals surface area contributed by atoms with E-state index in [4.69, 9.17) is 0 Å². The number of nitrogens with one attached hydrogen (secondary N) is 2. The molecule has 1 aliphatic heterocycles. The van der Waals surface area contributed by atoms with Gasteiger partial charge in [0.15, 0.2) is 5.96 Å². The summed E-state index contributed by atoms with van der Waals surface area (Å²) in [7, 11) is 0. The molecule has 126 valence electrons. The van der Waals surface area contributed by atoms with E-state index in [1.165, 1.54) is 12.1 Å². The lowest BCUT2D eigenvalue weighted by atomic mass is 10.00. The summed E-state index contributed by atoms with van der Waals surface area (Å²) < 4.78 is 13.1. The average molecular weight is 320 g/mol. The molecule has 23 heavy (non-hydrogen) atoms. The minimum atomic E-state index is -0.373. The molecule has 2 rings (SSSR count). The van der Waals surface area contributed by atoms with Gasteiger partial charge in [0, 0.05) is 25.3 Å². The van der Waals surface area contributed by atoms with Crippen LogP contribution in [0.3, 0.4) is 0 Å². The van der Waals surface area contributed by atoms with Crippen molar-refractivity contribution in [2.24, 2.45) is 10.9 Å². The highest BCUT2D eigenvalue weighted by Crippen LogP contribution is 2.16. The highest BCUT2D eigenvalue weighted by atomic mass is 19.1. The predicted octanol–water partition coefficient (Wildman–Crippen LogP) is 2.46. The highest BCUT2D eigenvalue weighted by molar-refractivity contribution is 5.94. The van der Waals surface area contributed by atoms with Gasteiger partial charge < -0.3 is 15.5 Å². The number of halogens is 1. The molecule has 6 heteroatoms. The predicted molar refractivity (Wildman–Crippen MR) is 91.0 cm³/mol. The molecule has 1 aromatic rings. The Labute approximate surface area is 137 Å². The molecule has 0 aliphatic carbocycles. The normalized spacial score (nSPS) is 16.3. The lowest BCUT2D eigenvalue weighted by molar-refractivity contribution is -0.114. The third kappa shape index (κ3) is 5.54. The van der Waals surface area contributed by atoms with Crippen LogP contribution in [0.4, 0.5) is 10.1 Å². The van der Waals surface area contributed by atoms with Crippen molar-refractivity contribution in [2.75, 3.05) is 31.5 Å². The van der Waals surface area contributed by atoms with Crippen LogP contribution in [-0.2, 0) is 4.79 Å². The van der Waals surface area contributed by atoms with Crippen LogP contribution in [0.1, 0.15) is 26.7 Å². The summed E-state index contributed by atoms with van der Waals surface area (Å²) in [6.07, 6.45) is 2.28. The first-order chi connectivity index (χ1) is 11.1. The van der Waals surface area contributed by atoms with Gasteiger partial charge in [-0.1, -0.05) is 13.0 Å². The summed E-state index contributed by atoms with van der Waals surface area (Å²) in [6, 6.07) is 5.85. The smallest absolute Gasteiger partial charge is 0.246 e. The maximum absolute atomic E-state index is 13.1. The fourth-order valence-corrected chi connectivity index (χ4v) is 2.56. The molecule has 0 atom stereocenters. The van der Waals surface area contributed by atoms with Crippen LogP contribution < -0.4 is 10.6 Å². The molecule has 1 aliphatic rings. The number of nitrogens with zero attached hydrogens (tertiary/aromatic N) is 2. The fourth-order valence-electron chi connectivity index (χ4n) is 2.56. The van der Waals surface area contributed by atoms with Gasteiger partial charge in [0.1, 0.15) is 12.4 Å². The van der Waals surface area contributed by atoms with E-state index >= 15 is 0 Å². The SMILES string of the molecule is CCNC(=NCC(=O)Nc1cccc(F)c1)N1CCC(C)CC1. The second kappa shape index (κ2) is 8.50. The molecule has 1 amide bonds. The van der Waals surface area contributed by atoms with Gasteiger partial charge in [-0.15, -0.1) is 0 Å². The number of hydrogen-bond acceptors (Lipinski definition) is 2. The highest BCUT2D eigenvalue weighted by Gasteiger charge is 2.18. The van der Waals surface area contributed by atoms with Crippen LogP contribution in [-0.4, -0.2) is 42.9 Å². The van der Waals surface area contributed by atoms with E-state index in [2.05, 4.69) is 27.4 Å². The molecule has 1 aromatic carbocycles. The third-order valence-corrected chi connectivity index (χ3v) is 3.90. The van der Waals surface area contributed by atoms with Gasteiger partial charge in [-0.25, -0.2) is 9.38 Å². The molecular weight excluding hydrogens is 295 g/mol. The molecule has 5 nitrogen and oxygen atoms in total. The Morgan fingerprint density at radius 1 is 1.39 bits per heavy atom. The summed E-state index contributed by atoms with van der Waals surface area (Å²) in [6.45, 7) is 6.96. The Bertz CT molecular complexity index is 553. The maximum atomic E-state index is 13.1. The summed E-state index contributed by atoms with van der Waals surface area (Å²) >= 11 is 0. The third-order valence-electron chi connectivity index (χ3n) is 3.90. The van der Waals surface area contributed by atoms with Crippen molar-refractivity contribution in [2.45, 2.75) is 26.7 Å². The van der Waals surface area contributed by atoms with Gasteiger partial charge in [0.2, 0.25) is 5.91 Å². The molecule has 0 unspecified atom stereocenters. The van der Waals surface area contributed by atoms with E-state index in [0.717, 1.165) is 44.4 Å². The zero-order chi connectivity index (χ0) is 16.7. The van der Waals surface area contributed by atoms with Gasteiger partial charge in [0.25, 0.3) is 0 Å². The number of piperidine rings is 1. The average Bonchev–Trinajstić information content (AvgIpc) is 2.52. The monoisotopic (exact) mass is 320 g/mol. The van der Waals surface area contributed by atoms with E-state index in [-0.39, 0.29) is 18.3 Å². The minimum absolute atomic E-state index is 0.0188. The summed E-state index contributed by atoms with van der Waals surface area (Å²) in [5.74, 6) is 0.887. The second-order valence-electron chi connectivity index (χ2n) is 5.90. The van der Waals surface area contributed by atoms with Crippen molar-refractivity contribution in [3.05, 3.63) is 30.1 Å². The number of carbonyl (C=O) groups excluding carboxylic acids is 1. The molecule has 0 bridgehead atoms. The first-order valence-corrected chi connectivity index (χ1v) is 8.17. The van der Waals surface area contributed by atoms with Gasteiger partial charge in [0.05, 0.1) is 0 Å². The number of aliphatic imine (C=N–C) groups is 1. The molecular formula is C17H25FN4O. The van der Waals surface area contributed by atoms with Crippen molar-refractivity contribution < 1.29 is 9.18 Å². The lowest BCUT2D eigenvalue weighted by Crippen LogP contribution is -2.45. The van der Waals surface area contributed by atoms with Gasteiger partial charge >= 0.3 is 0 Å². The van der Waals surface area contributed by atoms with Crippen molar-refractivity contribution >= 4 is 17.6 Å². The number of benzene rings is 1. The number of hydrogen-bond donors (Lipinski definition) is 2. The van der Waals surface area contributed by atoms with E-state index in [9.17, 15) is 9.18 Å². The molecule has 0 radical (unpaired) electrons. The van der Waals surface area contributed by atoms with Gasteiger partial charge in [-0.3, -0.25) is 4.79 Å². The van der Waals surface area contributed by atoms with Crippen molar-refractivity contribution in [1.82, 2.24) is 10.2 Å². The molecule has 1 fully saturated rings. The van der Waals surface area contributed by atoms with Crippen LogP contribution >= 0.6 is 0 Å². The summed E-state index contributed by atoms with van der Waals surface area (Å²) in [4.78, 5) is 18.6. The number of guanidine groups is 1. The standard InChI is InChI=1S/C17H25FN4O/c1-3-19-17(22-9-7-13(2)8-10-22)20-12-16(23)21-15-6-4-5-14(18)11-15/h4-6,11,13H,3,7-10,12H2,1-2H3,(H,19,20)(H,21,23). The van der Waals surface area contributed by atoms with Crippen molar-refractivity contribution in [3.8, 4) is 0 Å². The molecule has 1 saturated heterocycles. The van der Waals surface area contributed by atoms with E-state index < -0.39 is 0 Å². The van der Waals surface area contributed by atoms with Crippen LogP contribution in [0.2, 0.25) is 0 Å². The van der Waals surface area contributed by atoms with E-state index in [0.29, 0.717) is 5.69 Å². The number of rotatable bonds is 4.